The van der Waals surface area contributed by atoms with Gasteiger partial charge in [0.1, 0.15) is 11.4 Å². The third-order valence-electron chi connectivity index (χ3n) is 7.69. The lowest BCUT2D eigenvalue weighted by molar-refractivity contribution is 0.489. The molecule has 0 radical (unpaired) electrons. The van der Waals surface area contributed by atoms with Crippen molar-refractivity contribution in [3.05, 3.63) is 96.5 Å². The number of halogens is 1. The minimum Gasteiger partial charge on any atom is -0.358 e. The minimum absolute atomic E-state index is 0.230. The number of hydrogen-bond acceptors (Lipinski definition) is 6. The molecule has 8 nitrogen and oxygen atoms in total. The van der Waals surface area contributed by atoms with Crippen LogP contribution in [0, 0.1) is 18.7 Å². The second kappa shape index (κ2) is 14.7. The van der Waals surface area contributed by atoms with Gasteiger partial charge in [0, 0.05) is 36.4 Å². The molecule has 1 aliphatic rings. The van der Waals surface area contributed by atoms with E-state index in [-0.39, 0.29) is 5.69 Å². The molecule has 9 heteroatoms. The Morgan fingerprint density at radius 1 is 1.16 bits per heavy atom. The lowest BCUT2D eigenvalue weighted by Gasteiger charge is -2.15. The second-order valence-electron chi connectivity index (χ2n) is 10.7. The van der Waals surface area contributed by atoms with Crippen molar-refractivity contribution in [2.24, 2.45) is 5.92 Å². The highest BCUT2D eigenvalue weighted by Gasteiger charge is 2.20. The number of aromatic nitrogens is 6. The summed E-state index contributed by atoms with van der Waals surface area (Å²) in [7, 11) is 0. The molecule has 0 atom stereocenters. The second-order valence-corrected chi connectivity index (χ2v) is 10.7. The zero-order valence-electron chi connectivity index (χ0n) is 26.0. The molecule has 5 rings (SSSR count). The molecule has 4 heterocycles. The Kier molecular flexibility index (Phi) is 10.8. The molecule has 0 spiro atoms. The summed E-state index contributed by atoms with van der Waals surface area (Å²) < 4.78 is 18.0. The number of allylic oxidation sites excluding steroid dienone is 5. The third-order valence-corrected chi connectivity index (χ3v) is 7.69. The fourth-order valence-corrected chi connectivity index (χ4v) is 5.38. The van der Waals surface area contributed by atoms with E-state index in [0.717, 1.165) is 40.7 Å². The van der Waals surface area contributed by atoms with Crippen molar-refractivity contribution in [3.8, 4) is 11.3 Å². The maximum Gasteiger partial charge on any atom is 0.161 e. The van der Waals surface area contributed by atoms with Crippen molar-refractivity contribution in [1.29, 1.82) is 0 Å². The molecular formula is C34H43FN8. The van der Waals surface area contributed by atoms with Gasteiger partial charge >= 0.3 is 0 Å². The summed E-state index contributed by atoms with van der Waals surface area (Å²) in [4.78, 5) is 13.1. The normalized spacial score (nSPS) is 14.3. The van der Waals surface area contributed by atoms with Gasteiger partial charge < -0.3 is 15.2 Å². The topological polar surface area (TPSA) is 96.3 Å². The SMILES string of the molecule is C=C/C=C(\C(C)=C(/C)NC(=C)c1n[nH]c2cnc(-c3cncc(CNCC4CCCC4)c3)c(F)c12)n1cnc(C)c1.CC. The number of hydrogen-bond donors (Lipinski definition) is 3. The number of imidazole rings is 1. The Hall–Kier alpha value is -4.37. The van der Waals surface area contributed by atoms with Crippen LogP contribution < -0.4 is 10.6 Å². The van der Waals surface area contributed by atoms with Gasteiger partial charge in [-0.15, -0.1) is 0 Å². The van der Waals surface area contributed by atoms with Crippen LogP contribution in [0.15, 0.2) is 73.8 Å². The van der Waals surface area contributed by atoms with Gasteiger partial charge in [0.15, 0.2) is 5.82 Å². The maximum atomic E-state index is 16.1. The average molecular weight is 583 g/mol. The highest BCUT2D eigenvalue weighted by atomic mass is 19.1. The van der Waals surface area contributed by atoms with E-state index in [2.05, 4.69) is 48.9 Å². The Morgan fingerprint density at radius 3 is 2.63 bits per heavy atom. The molecule has 0 aromatic carbocycles. The van der Waals surface area contributed by atoms with Gasteiger partial charge in [-0.2, -0.15) is 5.10 Å². The molecule has 3 N–H and O–H groups in total. The van der Waals surface area contributed by atoms with Gasteiger partial charge in [-0.05, 0) is 69.4 Å². The third kappa shape index (κ3) is 7.35. The number of pyridine rings is 2. The molecule has 0 saturated heterocycles. The molecule has 0 bridgehead atoms. The summed E-state index contributed by atoms with van der Waals surface area (Å²) in [5, 5.41) is 14.5. The van der Waals surface area contributed by atoms with E-state index in [1.54, 1.807) is 24.8 Å². The number of nitrogens with zero attached hydrogens (tertiary/aromatic N) is 5. The standard InChI is InChI=1S/C32H37FN8.C2H6/c1-6-9-28(41-18-20(2)37-19-41)21(3)22(4)38-23(5)31-29-27(39-40-31)17-36-32(30(29)33)26-12-25(15-35-16-26)14-34-13-24-10-7-8-11-24;1-2/h6,9,12,15-19,24,34,38H,1,5,7-8,10-11,13-14H2,2-4H3,(H,39,40);1-2H3/b22-21+,28-9+;. The zero-order valence-corrected chi connectivity index (χ0v) is 26.0. The van der Waals surface area contributed by atoms with Crippen LogP contribution in [0.3, 0.4) is 0 Å². The predicted molar refractivity (Wildman–Crippen MR) is 174 cm³/mol. The Balaban J connectivity index is 0.00000207. The average Bonchev–Trinajstić information content (AvgIpc) is 3.79. The zero-order chi connectivity index (χ0) is 30.9. The van der Waals surface area contributed by atoms with Gasteiger partial charge in [0.2, 0.25) is 0 Å². The number of H-pyrrole nitrogens is 1. The highest BCUT2D eigenvalue weighted by molar-refractivity contribution is 5.92. The lowest BCUT2D eigenvalue weighted by Crippen LogP contribution is -2.20. The van der Waals surface area contributed by atoms with Crippen LogP contribution in [-0.2, 0) is 6.54 Å². The predicted octanol–water partition coefficient (Wildman–Crippen LogP) is 7.55. The van der Waals surface area contributed by atoms with Crippen LogP contribution in [0.1, 0.15) is 70.3 Å². The number of fused-ring (bicyclic) bond motifs is 1. The van der Waals surface area contributed by atoms with Gasteiger partial charge in [-0.3, -0.25) is 15.1 Å². The first-order chi connectivity index (χ1) is 20.9. The first-order valence-electron chi connectivity index (χ1n) is 15.0. The fraction of sp³-hybridized carbons (Fsp3) is 0.353. The summed E-state index contributed by atoms with van der Waals surface area (Å²) in [5.41, 5.74) is 6.80. The largest absolute Gasteiger partial charge is 0.358 e. The molecule has 226 valence electrons. The summed E-state index contributed by atoms with van der Waals surface area (Å²) >= 11 is 0. The van der Waals surface area contributed by atoms with Gasteiger partial charge in [-0.25, -0.2) is 9.37 Å². The van der Waals surface area contributed by atoms with E-state index >= 15 is 4.39 Å². The van der Waals surface area contributed by atoms with Crippen LogP contribution in [0.5, 0.6) is 0 Å². The van der Waals surface area contributed by atoms with Crippen LogP contribution in [0.25, 0.3) is 33.6 Å². The van der Waals surface area contributed by atoms with Crippen molar-refractivity contribution in [1.82, 2.24) is 40.3 Å². The first kappa shape index (κ1) is 31.6. The molecule has 43 heavy (non-hydrogen) atoms. The van der Waals surface area contributed by atoms with E-state index in [0.29, 0.717) is 34.4 Å². The molecular weight excluding hydrogens is 539 g/mol. The molecule has 0 aliphatic heterocycles. The minimum atomic E-state index is -0.466. The van der Waals surface area contributed by atoms with Gasteiger partial charge in [0.05, 0.1) is 40.5 Å². The summed E-state index contributed by atoms with van der Waals surface area (Å²) in [6, 6.07) is 1.94. The highest BCUT2D eigenvalue weighted by Crippen LogP contribution is 2.31. The van der Waals surface area contributed by atoms with Crippen LogP contribution in [0.4, 0.5) is 4.39 Å². The van der Waals surface area contributed by atoms with E-state index in [9.17, 15) is 0 Å². The Labute approximate surface area is 254 Å². The lowest BCUT2D eigenvalue weighted by atomic mass is 10.1. The van der Waals surface area contributed by atoms with Crippen LogP contribution in [0.2, 0.25) is 0 Å². The van der Waals surface area contributed by atoms with Crippen molar-refractivity contribution in [3.63, 3.8) is 0 Å². The van der Waals surface area contributed by atoms with Crippen molar-refractivity contribution < 1.29 is 4.39 Å². The van der Waals surface area contributed by atoms with Crippen molar-refractivity contribution in [2.75, 3.05) is 6.54 Å². The first-order valence-corrected chi connectivity index (χ1v) is 15.0. The van der Waals surface area contributed by atoms with Crippen molar-refractivity contribution >= 4 is 22.3 Å². The fourth-order valence-electron chi connectivity index (χ4n) is 5.38. The molecule has 4 aromatic rings. The molecule has 1 saturated carbocycles. The van der Waals surface area contributed by atoms with Crippen molar-refractivity contribution in [2.45, 2.75) is 66.8 Å². The Morgan fingerprint density at radius 2 is 1.93 bits per heavy atom. The molecule has 1 aliphatic carbocycles. The monoisotopic (exact) mass is 582 g/mol. The smallest absolute Gasteiger partial charge is 0.161 e. The van der Waals surface area contributed by atoms with E-state index in [4.69, 9.17) is 0 Å². The number of aromatic amines is 1. The molecule has 0 unspecified atom stereocenters. The van der Waals surface area contributed by atoms with E-state index < -0.39 is 5.82 Å². The molecule has 4 aromatic heterocycles. The van der Waals surface area contributed by atoms with Crippen LogP contribution in [-0.4, -0.2) is 36.3 Å². The summed E-state index contributed by atoms with van der Waals surface area (Å²) in [5.74, 6) is 0.280. The quantitative estimate of drug-likeness (QED) is 0.158. The van der Waals surface area contributed by atoms with Crippen LogP contribution >= 0.6 is 0 Å². The van der Waals surface area contributed by atoms with Gasteiger partial charge in [-0.1, -0.05) is 45.9 Å². The van der Waals surface area contributed by atoms with Gasteiger partial charge in [0.25, 0.3) is 0 Å². The molecule has 0 amide bonds. The number of nitrogens with one attached hydrogen (secondary N) is 3. The number of rotatable bonds is 11. The summed E-state index contributed by atoms with van der Waals surface area (Å²) in [6.07, 6.45) is 17.6. The summed E-state index contributed by atoms with van der Waals surface area (Å²) in [6.45, 7) is 19.6. The molecule has 1 fully saturated rings. The maximum absolute atomic E-state index is 16.1. The van der Waals surface area contributed by atoms with E-state index in [1.165, 1.54) is 25.7 Å². The van der Waals surface area contributed by atoms with E-state index in [1.807, 2.05) is 63.7 Å². The Bertz CT molecular complexity index is 1640. The number of aryl methyl sites for hydroxylation is 1.